The Bertz CT molecular complexity index is 238. The first-order valence-electron chi connectivity index (χ1n) is 3.99. The van der Waals surface area contributed by atoms with Crippen LogP contribution in [-0.2, 0) is 4.74 Å². The zero-order chi connectivity index (χ0) is 7.68. The number of ether oxygens (including phenoxy) is 1. The molecule has 60 valence electrons. The molecule has 3 heteroatoms. The summed E-state index contributed by atoms with van der Waals surface area (Å²) in [6, 6.07) is 0. The van der Waals surface area contributed by atoms with E-state index in [9.17, 15) is 0 Å². The van der Waals surface area contributed by atoms with E-state index in [0.29, 0.717) is 0 Å². The second kappa shape index (κ2) is 2.66. The van der Waals surface area contributed by atoms with E-state index in [0.717, 1.165) is 31.0 Å². The summed E-state index contributed by atoms with van der Waals surface area (Å²) in [6.45, 7) is 2.88. The molecule has 3 nitrogen and oxygen atoms in total. The Hall–Kier alpha value is -0.830. The molecule has 2 heterocycles. The smallest absolute Gasteiger partial charge is 0.135 e. The number of aromatic nitrogens is 2. The summed E-state index contributed by atoms with van der Waals surface area (Å²) in [5.74, 6) is 0.986. The van der Waals surface area contributed by atoms with Gasteiger partial charge in [-0.05, 0) is 19.8 Å². The molecule has 1 aromatic heterocycles. The molecule has 1 unspecified atom stereocenters. The molecule has 1 saturated heterocycles. The Balaban J connectivity index is 2.15. The molecule has 1 aliphatic rings. The number of hydrogen-bond acceptors (Lipinski definition) is 2. The topological polar surface area (TPSA) is 37.9 Å². The Labute approximate surface area is 65.8 Å². The van der Waals surface area contributed by atoms with Crippen molar-refractivity contribution < 1.29 is 4.74 Å². The maximum absolute atomic E-state index is 5.46. The molecule has 0 spiro atoms. The highest BCUT2D eigenvalue weighted by molar-refractivity contribution is 5.01. The van der Waals surface area contributed by atoms with E-state index in [4.69, 9.17) is 4.74 Å². The van der Waals surface area contributed by atoms with Crippen LogP contribution in [0.2, 0.25) is 0 Å². The number of imidazole rings is 1. The van der Waals surface area contributed by atoms with Crippen molar-refractivity contribution in [2.45, 2.75) is 25.9 Å². The predicted molar refractivity (Wildman–Crippen MR) is 41.3 cm³/mol. The fourth-order valence-corrected chi connectivity index (χ4v) is 1.39. The van der Waals surface area contributed by atoms with Gasteiger partial charge < -0.3 is 9.72 Å². The van der Waals surface area contributed by atoms with Crippen molar-refractivity contribution in [3.63, 3.8) is 0 Å². The number of nitrogens with one attached hydrogen (secondary N) is 1. The molecule has 1 aromatic rings. The van der Waals surface area contributed by atoms with Crippen LogP contribution in [0.3, 0.4) is 0 Å². The first kappa shape index (κ1) is 6.85. The summed E-state index contributed by atoms with van der Waals surface area (Å²) in [5, 5.41) is 0. The van der Waals surface area contributed by atoms with E-state index < -0.39 is 0 Å². The first-order valence-corrected chi connectivity index (χ1v) is 3.99. The van der Waals surface area contributed by atoms with Gasteiger partial charge in [0.05, 0.1) is 0 Å². The lowest BCUT2D eigenvalue weighted by atomic mass is 10.2. The first-order chi connectivity index (χ1) is 5.36. The van der Waals surface area contributed by atoms with Crippen molar-refractivity contribution in [3.8, 4) is 0 Å². The van der Waals surface area contributed by atoms with Gasteiger partial charge in [-0.2, -0.15) is 0 Å². The number of hydrogen-bond donors (Lipinski definition) is 1. The molecule has 0 saturated carbocycles. The normalized spacial score (nSPS) is 24.3. The average molecular weight is 152 g/mol. The predicted octanol–water partition coefficient (Wildman–Crippen LogP) is 1.57. The van der Waals surface area contributed by atoms with Crippen LogP contribution < -0.4 is 0 Å². The van der Waals surface area contributed by atoms with E-state index in [1.54, 1.807) is 0 Å². The van der Waals surface area contributed by atoms with Crippen molar-refractivity contribution in [2.75, 3.05) is 6.61 Å². The molecule has 1 fully saturated rings. The molecule has 1 N–H and O–H groups in total. The van der Waals surface area contributed by atoms with Crippen LogP contribution >= 0.6 is 0 Å². The van der Waals surface area contributed by atoms with Gasteiger partial charge in [-0.25, -0.2) is 4.98 Å². The second-order valence-corrected chi connectivity index (χ2v) is 2.95. The van der Waals surface area contributed by atoms with Crippen molar-refractivity contribution in [1.82, 2.24) is 9.97 Å². The molecule has 0 radical (unpaired) electrons. The number of nitrogens with zero attached hydrogens (tertiary/aromatic N) is 1. The summed E-state index contributed by atoms with van der Waals surface area (Å²) in [4.78, 5) is 7.40. The number of aryl methyl sites for hydroxylation is 1. The van der Waals surface area contributed by atoms with E-state index in [-0.39, 0.29) is 6.10 Å². The third-order valence-corrected chi connectivity index (χ3v) is 1.96. The summed E-state index contributed by atoms with van der Waals surface area (Å²) in [5.41, 5.74) is 1.11. The van der Waals surface area contributed by atoms with Crippen molar-refractivity contribution in [1.29, 1.82) is 0 Å². The molecule has 0 amide bonds. The van der Waals surface area contributed by atoms with Crippen LogP contribution in [0.5, 0.6) is 0 Å². The minimum Gasteiger partial charge on any atom is -0.370 e. The Morgan fingerprint density at radius 1 is 1.73 bits per heavy atom. The molecule has 2 rings (SSSR count). The van der Waals surface area contributed by atoms with Gasteiger partial charge in [0, 0.05) is 18.5 Å². The maximum Gasteiger partial charge on any atom is 0.135 e. The van der Waals surface area contributed by atoms with Crippen LogP contribution in [0, 0.1) is 6.92 Å². The monoisotopic (exact) mass is 152 g/mol. The lowest BCUT2D eigenvalue weighted by molar-refractivity contribution is 0.105. The number of H-pyrrole nitrogens is 1. The average Bonchev–Trinajstić information content (AvgIpc) is 2.55. The number of rotatable bonds is 1. The summed E-state index contributed by atoms with van der Waals surface area (Å²) >= 11 is 0. The minimum absolute atomic E-state index is 0.226. The molecule has 0 aliphatic carbocycles. The summed E-state index contributed by atoms with van der Waals surface area (Å²) in [7, 11) is 0. The van der Waals surface area contributed by atoms with Gasteiger partial charge >= 0.3 is 0 Å². The molecule has 1 aliphatic heterocycles. The van der Waals surface area contributed by atoms with Crippen molar-refractivity contribution in [2.24, 2.45) is 0 Å². The van der Waals surface area contributed by atoms with Crippen LogP contribution in [0.4, 0.5) is 0 Å². The quantitative estimate of drug-likeness (QED) is 0.663. The van der Waals surface area contributed by atoms with Crippen molar-refractivity contribution >= 4 is 0 Å². The minimum atomic E-state index is 0.226. The standard InChI is InChI=1S/C8H12N2O/c1-6-5-9-8(10-6)7-3-2-4-11-7/h5,7H,2-4H2,1H3,(H,9,10). The summed E-state index contributed by atoms with van der Waals surface area (Å²) < 4.78 is 5.46. The zero-order valence-corrected chi connectivity index (χ0v) is 6.63. The number of aromatic amines is 1. The maximum atomic E-state index is 5.46. The van der Waals surface area contributed by atoms with Gasteiger partial charge in [0.2, 0.25) is 0 Å². The Morgan fingerprint density at radius 2 is 2.64 bits per heavy atom. The lowest BCUT2D eigenvalue weighted by Crippen LogP contribution is -1.97. The van der Waals surface area contributed by atoms with Crippen LogP contribution in [-0.4, -0.2) is 16.6 Å². The van der Waals surface area contributed by atoms with Gasteiger partial charge in [-0.1, -0.05) is 0 Å². The Morgan fingerprint density at radius 3 is 3.18 bits per heavy atom. The van der Waals surface area contributed by atoms with E-state index >= 15 is 0 Å². The van der Waals surface area contributed by atoms with Gasteiger partial charge in [0.1, 0.15) is 11.9 Å². The fraction of sp³-hybridized carbons (Fsp3) is 0.625. The Kier molecular flexibility index (Phi) is 1.66. The molecule has 1 atom stereocenters. The van der Waals surface area contributed by atoms with Gasteiger partial charge in [-0.3, -0.25) is 0 Å². The lowest BCUT2D eigenvalue weighted by Gasteiger charge is -2.03. The third kappa shape index (κ3) is 1.28. The van der Waals surface area contributed by atoms with Crippen LogP contribution in [0.1, 0.15) is 30.5 Å². The summed E-state index contributed by atoms with van der Waals surface area (Å²) in [6.07, 6.45) is 4.33. The third-order valence-electron chi connectivity index (χ3n) is 1.96. The fourth-order valence-electron chi connectivity index (χ4n) is 1.39. The SMILES string of the molecule is Cc1cnc(C2CCCO2)[nH]1. The molecular weight excluding hydrogens is 140 g/mol. The zero-order valence-electron chi connectivity index (χ0n) is 6.63. The molecule has 11 heavy (non-hydrogen) atoms. The van der Waals surface area contributed by atoms with E-state index in [2.05, 4.69) is 9.97 Å². The molecule has 0 bridgehead atoms. The van der Waals surface area contributed by atoms with Crippen LogP contribution in [0.15, 0.2) is 6.20 Å². The van der Waals surface area contributed by atoms with E-state index in [1.165, 1.54) is 0 Å². The molecule has 0 aromatic carbocycles. The van der Waals surface area contributed by atoms with Gasteiger partial charge in [0.25, 0.3) is 0 Å². The largest absolute Gasteiger partial charge is 0.370 e. The van der Waals surface area contributed by atoms with Crippen molar-refractivity contribution in [3.05, 3.63) is 17.7 Å². The van der Waals surface area contributed by atoms with Gasteiger partial charge in [-0.15, -0.1) is 0 Å². The molecular formula is C8H12N2O. The van der Waals surface area contributed by atoms with Crippen LogP contribution in [0.25, 0.3) is 0 Å². The second-order valence-electron chi connectivity index (χ2n) is 2.95. The van der Waals surface area contributed by atoms with E-state index in [1.807, 2.05) is 13.1 Å². The highest BCUT2D eigenvalue weighted by Gasteiger charge is 2.19. The highest BCUT2D eigenvalue weighted by Crippen LogP contribution is 2.25. The van der Waals surface area contributed by atoms with Gasteiger partial charge in [0.15, 0.2) is 0 Å². The highest BCUT2D eigenvalue weighted by atomic mass is 16.5.